The molecule has 1 atom stereocenters. The number of rotatable bonds is 7. The summed E-state index contributed by atoms with van der Waals surface area (Å²) in [4.78, 5) is 30.1. The van der Waals surface area contributed by atoms with E-state index in [-0.39, 0.29) is 11.8 Å². The van der Waals surface area contributed by atoms with Crippen LogP contribution in [0.1, 0.15) is 17.2 Å². The van der Waals surface area contributed by atoms with E-state index < -0.39 is 17.8 Å². The lowest BCUT2D eigenvalue weighted by atomic mass is 10.0. The van der Waals surface area contributed by atoms with Crippen molar-refractivity contribution in [1.82, 2.24) is 10.2 Å². The van der Waals surface area contributed by atoms with Crippen LogP contribution in [0.25, 0.3) is 0 Å². The molecule has 2 amide bonds. The van der Waals surface area contributed by atoms with E-state index in [9.17, 15) is 14.0 Å². The van der Waals surface area contributed by atoms with Gasteiger partial charge in [0.1, 0.15) is 29.2 Å². The molecule has 0 aliphatic carbocycles. The Labute approximate surface area is 209 Å². The van der Waals surface area contributed by atoms with Crippen molar-refractivity contribution in [3.8, 4) is 11.5 Å². The third kappa shape index (κ3) is 5.81. The Morgan fingerprint density at radius 3 is 2.34 bits per heavy atom. The van der Waals surface area contributed by atoms with E-state index in [4.69, 9.17) is 16.3 Å². The van der Waals surface area contributed by atoms with Crippen LogP contribution in [-0.2, 0) is 9.59 Å². The van der Waals surface area contributed by atoms with Crippen molar-refractivity contribution >= 4 is 29.1 Å². The topological polar surface area (TPSA) is 61.9 Å². The third-order valence-electron chi connectivity index (χ3n) is 5.90. The van der Waals surface area contributed by atoms with Gasteiger partial charge in [-0.05, 0) is 60.5 Å². The molecule has 1 fully saturated rings. The van der Waals surface area contributed by atoms with Crippen LogP contribution < -0.4 is 15.0 Å². The molecule has 0 aromatic heterocycles. The number of carbonyl (C=O) groups is 2. The van der Waals surface area contributed by atoms with E-state index in [1.54, 1.807) is 17.0 Å². The summed E-state index contributed by atoms with van der Waals surface area (Å²) in [6.07, 6.45) is 0. The summed E-state index contributed by atoms with van der Waals surface area (Å²) in [6, 6.07) is 19.4. The van der Waals surface area contributed by atoms with Gasteiger partial charge in [0.15, 0.2) is 0 Å². The van der Waals surface area contributed by atoms with Crippen LogP contribution in [-0.4, -0.2) is 48.8 Å². The number of nitrogens with zero attached hydrogens (tertiary/aromatic N) is 2. The minimum atomic E-state index is -0.987. The number of alkyl halides is 1. The van der Waals surface area contributed by atoms with Gasteiger partial charge in [0, 0.05) is 31.9 Å². The van der Waals surface area contributed by atoms with E-state index >= 15 is 0 Å². The molecule has 1 aliphatic rings. The second kappa shape index (κ2) is 11.3. The largest absolute Gasteiger partial charge is 0.457 e. The summed E-state index contributed by atoms with van der Waals surface area (Å²) >= 11 is 6.02. The molecule has 3 aromatic rings. The monoisotopic (exact) mass is 495 g/mol. The lowest BCUT2D eigenvalue weighted by molar-refractivity contribution is -0.135. The average molecular weight is 496 g/mol. The molecule has 35 heavy (non-hydrogen) atoms. The van der Waals surface area contributed by atoms with Crippen LogP contribution in [0, 0.1) is 12.7 Å². The first-order valence-corrected chi connectivity index (χ1v) is 12.0. The van der Waals surface area contributed by atoms with E-state index in [0.29, 0.717) is 48.9 Å². The van der Waals surface area contributed by atoms with Crippen molar-refractivity contribution in [2.75, 3.05) is 37.0 Å². The van der Waals surface area contributed by atoms with Crippen molar-refractivity contribution in [1.29, 1.82) is 0 Å². The Morgan fingerprint density at radius 1 is 1.03 bits per heavy atom. The van der Waals surface area contributed by atoms with Crippen molar-refractivity contribution in [2.45, 2.75) is 13.0 Å². The zero-order chi connectivity index (χ0) is 24.8. The maximum Gasteiger partial charge on any atom is 0.250 e. The van der Waals surface area contributed by atoms with Crippen molar-refractivity contribution < 1.29 is 18.7 Å². The van der Waals surface area contributed by atoms with Crippen LogP contribution >= 0.6 is 11.6 Å². The Hall–Kier alpha value is -3.42. The quantitative estimate of drug-likeness (QED) is 0.484. The third-order valence-corrected chi connectivity index (χ3v) is 6.12. The number of ether oxygens (including phenoxy) is 1. The number of hydrogen-bond acceptors (Lipinski definition) is 4. The van der Waals surface area contributed by atoms with Crippen molar-refractivity contribution in [3.05, 3.63) is 89.7 Å². The molecule has 1 heterocycles. The number of benzene rings is 3. The fourth-order valence-electron chi connectivity index (χ4n) is 4.17. The summed E-state index contributed by atoms with van der Waals surface area (Å²) in [5.74, 6) is -0.108. The molecule has 182 valence electrons. The smallest absolute Gasteiger partial charge is 0.250 e. The SMILES string of the molecule is Cc1cc(Oc2ccccc2)ccc1N(C(=O)CCl)[C@H](C(=O)N1CCNCC1)c1ccc(F)cc1. The zero-order valence-corrected chi connectivity index (χ0v) is 20.2. The molecule has 3 aromatic carbocycles. The Bertz CT molecular complexity index is 1170. The average Bonchev–Trinajstić information content (AvgIpc) is 2.89. The Kier molecular flexibility index (Phi) is 8.00. The highest BCUT2D eigenvalue weighted by molar-refractivity contribution is 6.30. The summed E-state index contributed by atoms with van der Waals surface area (Å²) in [7, 11) is 0. The molecular formula is C27H27ClFN3O3. The standard InChI is InChI=1S/C27H27ClFN3O3/c1-19-17-23(35-22-5-3-2-4-6-22)11-12-24(19)32(25(33)18-28)26(20-7-9-21(29)10-8-20)27(34)31-15-13-30-14-16-31/h2-12,17,26,30H,13-16,18H2,1H3/t26-/m0/s1. The van der Waals surface area contributed by atoms with Gasteiger partial charge in [-0.3, -0.25) is 14.5 Å². The van der Waals surface area contributed by atoms with Gasteiger partial charge in [0.05, 0.1) is 0 Å². The number of anilines is 1. The molecule has 1 N–H and O–H groups in total. The molecule has 0 radical (unpaired) electrons. The maximum atomic E-state index is 13.8. The highest BCUT2D eigenvalue weighted by Gasteiger charge is 2.36. The van der Waals surface area contributed by atoms with Gasteiger partial charge in [-0.25, -0.2) is 4.39 Å². The summed E-state index contributed by atoms with van der Waals surface area (Å²) < 4.78 is 19.7. The molecule has 4 rings (SSSR count). The van der Waals surface area contributed by atoms with Crippen LogP contribution in [0.15, 0.2) is 72.8 Å². The van der Waals surface area contributed by atoms with Gasteiger partial charge in [-0.1, -0.05) is 30.3 Å². The first-order chi connectivity index (χ1) is 17.0. The number of carbonyl (C=O) groups excluding carboxylic acids is 2. The second-order valence-corrected chi connectivity index (χ2v) is 8.56. The van der Waals surface area contributed by atoms with Crippen LogP contribution in [0.3, 0.4) is 0 Å². The number of amides is 2. The van der Waals surface area contributed by atoms with Crippen LogP contribution in [0.5, 0.6) is 11.5 Å². The highest BCUT2D eigenvalue weighted by Crippen LogP contribution is 2.35. The molecule has 6 nitrogen and oxygen atoms in total. The number of aryl methyl sites for hydroxylation is 1. The fourth-order valence-corrected chi connectivity index (χ4v) is 4.30. The number of halogens is 2. The summed E-state index contributed by atoms with van der Waals surface area (Å²) in [5, 5.41) is 3.23. The molecule has 0 spiro atoms. The molecule has 8 heteroatoms. The predicted molar refractivity (Wildman–Crippen MR) is 134 cm³/mol. The minimum Gasteiger partial charge on any atom is -0.457 e. The maximum absolute atomic E-state index is 13.8. The first kappa shape index (κ1) is 24.7. The number of nitrogens with one attached hydrogen (secondary N) is 1. The van der Waals surface area contributed by atoms with E-state index in [1.807, 2.05) is 43.3 Å². The Morgan fingerprint density at radius 2 is 1.71 bits per heavy atom. The van der Waals surface area contributed by atoms with Gasteiger partial charge in [-0.2, -0.15) is 0 Å². The highest BCUT2D eigenvalue weighted by atomic mass is 35.5. The van der Waals surface area contributed by atoms with Gasteiger partial charge in [0.2, 0.25) is 11.8 Å². The number of piperazine rings is 1. The van der Waals surface area contributed by atoms with Crippen molar-refractivity contribution in [2.24, 2.45) is 0 Å². The van der Waals surface area contributed by atoms with E-state index in [1.165, 1.54) is 29.2 Å². The summed E-state index contributed by atoms with van der Waals surface area (Å²) in [5.41, 5.74) is 1.78. The molecule has 1 aliphatic heterocycles. The normalized spacial score (nSPS) is 14.3. The van der Waals surface area contributed by atoms with E-state index in [2.05, 4.69) is 5.32 Å². The second-order valence-electron chi connectivity index (χ2n) is 8.29. The minimum absolute atomic E-state index is 0.236. The van der Waals surface area contributed by atoms with Gasteiger partial charge < -0.3 is 15.0 Å². The van der Waals surface area contributed by atoms with Gasteiger partial charge >= 0.3 is 0 Å². The van der Waals surface area contributed by atoms with Gasteiger partial charge in [-0.15, -0.1) is 11.6 Å². The predicted octanol–water partition coefficient (Wildman–Crippen LogP) is 4.67. The fraction of sp³-hybridized carbons (Fsp3) is 0.259. The molecule has 0 unspecified atom stereocenters. The van der Waals surface area contributed by atoms with Crippen LogP contribution in [0.2, 0.25) is 0 Å². The molecule has 1 saturated heterocycles. The van der Waals surface area contributed by atoms with Crippen LogP contribution in [0.4, 0.5) is 10.1 Å². The lowest BCUT2D eigenvalue weighted by Crippen LogP contribution is -2.52. The molecular weight excluding hydrogens is 469 g/mol. The summed E-state index contributed by atoms with van der Waals surface area (Å²) in [6.45, 7) is 4.20. The van der Waals surface area contributed by atoms with Gasteiger partial charge in [0.25, 0.3) is 0 Å². The lowest BCUT2D eigenvalue weighted by Gasteiger charge is -2.37. The number of hydrogen-bond donors (Lipinski definition) is 1. The number of para-hydroxylation sites is 1. The first-order valence-electron chi connectivity index (χ1n) is 11.4. The molecule has 0 saturated carbocycles. The Balaban J connectivity index is 1.74. The zero-order valence-electron chi connectivity index (χ0n) is 19.4. The van der Waals surface area contributed by atoms with Crippen molar-refractivity contribution in [3.63, 3.8) is 0 Å². The molecule has 0 bridgehead atoms. The van der Waals surface area contributed by atoms with E-state index in [0.717, 1.165) is 5.56 Å².